The molecule has 2 nitrogen and oxygen atoms in total. The van der Waals surface area contributed by atoms with E-state index in [1.807, 2.05) is 6.07 Å². The SMILES string of the molecule is Cc1ccc(-c2ccccc2)c2cc3c(cc12)OCO3. The van der Waals surface area contributed by atoms with E-state index in [4.69, 9.17) is 9.47 Å². The quantitative estimate of drug-likeness (QED) is 0.640. The third-order valence-electron chi connectivity index (χ3n) is 3.81. The molecule has 0 radical (unpaired) electrons. The van der Waals surface area contributed by atoms with Crippen LogP contribution in [0.5, 0.6) is 11.5 Å². The van der Waals surface area contributed by atoms with E-state index in [1.165, 1.54) is 27.5 Å². The number of fused-ring (bicyclic) bond motifs is 2. The molecule has 0 atom stereocenters. The fourth-order valence-corrected chi connectivity index (χ4v) is 2.75. The first-order chi connectivity index (χ1) is 9.83. The van der Waals surface area contributed by atoms with Crippen molar-refractivity contribution in [1.29, 1.82) is 0 Å². The summed E-state index contributed by atoms with van der Waals surface area (Å²) in [5.41, 5.74) is 3.69. The van der Waals surface area contributed by atoms with Gasteiger partial charge in [-0.3, -0.25) is 0 Å². The molecule has 4 rings (SSSR count). The normalized spacial score (nSPS) is 12.8. The zero-order valence-corrected chi connectivity index (χ0v) is 11.2. The smallest absolute Gasteiger partial charge is 0.231 e. The Morgan fingerprint density at radius 1 is 0.800 bits per heavy atom. The molecule has 0 amide bonds. The van der Waals surface area contributed by atoms with Crippen molar-refractivity contribution < 1.29 is 9.47 Å². The van der Waals surface area contributed by atoms with Gasteiger partial charge in [-0.25, -0.2) is 0 Å². The molecule has 0 aliphatic carbocycles. The molecule has 1 heterocycles. The third kappa shape index (κ3) is 1.65. The predicted octanol–water partition coefficient (Wildman–Crippen LogP) is 4.54. The summed E-state index contributed by atoms with van der Waals surface area (Å²) in [6.07, 6.45) is 0. The first kappa shape index (κ1) is 11.4. The highest BCUT2D eigenvalue weighted by atomic mass is 16.7. The van der Waals surface area contributed by atoms with Crippen LogP contribution in [0.15, 0.2) is 54.6 Å². The van der Waals surface area contributed by atoms with Gasteiger partial charge in [0.1, 0.15) is 0 Å². The molecular weight excluding hydrogens is 248 g/mol. The first-order valence-corrected chi connectivity index (χ1v) is 6.71. The second-order valence-corrected chi connectivity index (χ2v) is 5.05. The van der Waals surface area contributed by atoms with Gasteiger partial charge in [-0.15, -0.1) is 0 Å². The number of hydrogen-bond acceptors (Lipinski definition) is 2. The van der Waals surface area contributed by atoms with Crippen molar-refractivity contribution in [1.82, 2.24) is 0 Å². The summed E-state index contributed by atoms with van der Waals surface area (Å²) >= 11 is 0. The Morgan fingerprint density at radius 2 is 1.50 bits per heavy atom. The highest BCUT2D eigenvalue weighted by Crippen LogP contribution is 2.40. The summed E-state index contributed by atoms with van der Waals surface area (Å²) in [5.74, 6) is 1.67. The molecule has 0 spiro atoms. The van der Waals surface area contributed by atoms with Crippen LogP contribution in [0.3, 0.4) is 0 Å². The van der Waals surface area contributed by atoms with E-state index < -0.39 is 0 Å². The Morgan fingerprint density at radius 3 is 2.25 bits per heavy atom. The van der Waals surface area contributed by atoms with Gasteiger partial charge in [-0.05, 0) is 46.5 Å². The van der Waals surface area contributed by atoms with Crippen molar-refractivity contribution in [2.45, 2.75) is 6.92 Å². The summed E-state index contributed by atoms with van der Waals surface area (Å²) in [7, 11) is 0. The van der Waals surface area contributed by atoms with Crippen LogP contribution in [0.4, 0.5) is 0 Å². The van der Waals surface area contributed by atoms with E-state index in [1.54, 1.807) is 0 Å². The minimum Gasteiger partial charge on any atom is -0.454 e. The average molecular weight is 262 g/mol. The first-order valence-electron chi connectivity index (χ1n) is 6.71. The molecule has 0 fully saturated rings. The Labute approximate surface area is 117 Å². The Hall–Kier alpha value is -2.48. The predicted molar refractivity (Wildman–Crippen MR) is 80.2 cm³/mol. The van der Waals surface area contributed by atoms with E-state index >= 15 is 0 Å². The monoisotopic (exact) mass is 262 g/mol. The molecule has 0 N–H and O–H groups in total. The summed E-state index contributed by atoms with van der Waals surface area (Å²) < 4.78 is 11.0. The molecule has 1 aliphatic heterocycles. The Kier molecular flexibility index (Phi) is 2.43. The maximum absolute atomic E-state index is 5.52. The molecule has 0 bridgehead atoms. The van der Waals surface area contributed by atoms with E-state index in [0.29, 0.717) is 6.79 Å². The van der Waals surface area contributed by atoms with Gasteiger partial charge in [0.2, 0.25) is 6.79 Å². The highest BCUT2D eigenvalue weighted by Gasteiger charge is 2.16. The molecule has 98 valence electrons. The van der Waals surface area contributed by atoms with Crippen molar-refractivity contribution in [3.8, 4) is 22.6 Å². The molecular formula is C18H14O2. The van der Waals surface area contributed by atoms with Crippen molar-refractivity contribution >= 4 is 10.8 Å². The minimum atomic E-state index is 0.311. The van der Waals surface area contributed by atoms with Gasteiger partial charge in [0.25, 0.3) is 0 Å². The van der Waals surface area contributed by atoms with Crippen molar-refractivity contribution in [2.24, 2.45) is 0 Å². The van der Waals surface area contributed by atoms with Crippen LogP contribution < -0.4 is 9.47 Å². The fraction of sp³-hybridized carbons (Fsp3) is 0.111. The molecule has 2 heteroatoms. The van der Waals surface area contributed by atoms with Gasteiger partial charge >= 0.3 is 0 Å². The second-order valence-electron chi connectivity index (χ2n) is 5.05. The summed E-state index contributed by atoms with van der Waals surface area (Å²) in [4.78, 5) is 0. The van der Waals surface area contributed by atoms with Crippen LogP contribution in [0, 0.1) is 6.92 Å². The van der Waals surface area contributed by atoms with E-state index in [0.717, 1.165) is 11.5 Å². The third-order valence-corrected chi connectivity index (χ3v) is 3.81. The number of rotatable bonds is 1. The van der Waals surface area contributed by atoms with Gasteiger partial charge in [-0.1, -0.05) is 42.5 Å². The summed E-state index contributed by atoms with van der Waals surface area (Å²) in [6, 6.07) is 18.9. The van der Waals surface area contributed by atoms with Gasteiger partial charge in [0.05, 0.1) is 0 Å². The molecule has 0 unspecified atom stereocenters. The Bertz CT molecular complexity index is 791. The lowest BCUT2D eigenvalue weighted by Crippen LogP contribution is -1.92. The zero-order valence-electron chi connectivity index (χ0n) is 11.2. The largest absolute Gasteiger partial charge is 0.454 e. The lowest BCUT2D eigenvalue weighted by Gasteiger charge is -2.10. The number of ether oxygens (including phenoxy) is 2. The maximum Gasteiger partial charge on any atom is 0.231 e. The lowest BCUT2D eigenvalue weighted by molar-refractivity contribution is 0.174. The van der Waals surface area contributed by atoms with E-state index in [-0.39, 0.29) is 0 Å². The molecule has 1 aliphatic rings. The van der Waals surface area contributed by atoms with Crippen LogP contribution in [0.2, 0.25) is 0 Å². The van der Waals surface area contributed by atoms with Gasteiger partial charge in [0, 0.05) is 0 Å². The number of aryl methyl sites for hydroxylation is 1. The van der Waals surface area contributed by atoms with Crippen molar-refractivity contribution in [2.75, 3.05) is 6.79 Å². The lowest BCUT2D eigenvalue weighted by atomic mass is 9.95. The van der Waals surface area contributed by atoms with Crippen LogP contribution in [0.25, 0.3) is 21.9 Å². The van der Waals surface area contributed by atoms with Gasteiger partial charge in [0.15, 0.2) is 11.5 Å². The summed E-state index contributed by atoms with van der Waals surface area (Å²) in [6.45, 7) is 2.44. The van der Waals surface area contributed by atoms with Crippen LogP contribution in [-0.4, -0.2) is 6.79 Å². The van der Waals surface area contributed by atoms with Gasteiger partial charge in [-0.2, -0.15) is 0 Å². The minimum absolute atomic E-state index is 0.311. The van der Waals surface area contributed by atoms with E-state index in [2.05, 4.69) is 55.5 Å². The average Bonchev–Trinajstić information content (AvgIpc) is 2.94. The molecule has 20 heavy (non-hydrogen) atoms. The molecule has 0 aromatic heterocycles. The fourth-order valence-electron chi connectivity index (χ4n) is 2.75. The highest BCUT2D eigenvalue weighted by molar-refractivity contribution is 6.00. The molecule has 0 saturated carbocycles. The summed E-state index contributed by atoms with van der Waals surface area (Å²) in [5, 5.41) is 2.43. The van der Waals surface area contributed by atoms with Crippen LogP contribution >= 0.6 is 0 Å². The zero-order chi connectivity index (χ0) is 13.5. The number of benzene rings is 3. The van der Waals surface area contributed by atoms with Crippen LogP contribution in [0.1, 0.15) is 5.56 Å². The van der Waals surface area contributed by atoms with Crippen LogP contribution in [-0.2, 0) is 0 Å². The molecule has 3 aromatic rings. The van der Waals surface area contributed by atoms with Gasteiger partial charge < -0.3 is 9.47 Å². The maximum atomic E-state index is 5.52. The standard InChI is InChI=1S/C18H14O2/c1-12-7-8-14(13-5-3-2-4-6-13)16-10-18-17(9-15(12)16)19-11-20-18/h2-10H,11H2,1H3. The molecule has 3 aromatic carbocycles. The van der Waals surface area contributed by atoms with Crippen molar-refractivity contribution in [3.63, 3.8) is 0 Å². The topological polar surface area (TPSA) is 18.5 Å². The second kappa shape index (κ2) is 4.27. The van der Waals surface area contributed by atoms with E-state index in [9.17, 15) is 0 Å². The van der Waals surface area contributed by atoms with Crippen molar-refractivity contribution in [3.05, 3.63) is 60.2 Å². The molecule has 0 saturated heterocycles. The Balaban J connectivity index is 2.05. The number of hydrogen-bond donors (Lipinski definition) is 0.